The maximum absolute atomic E-state index is 12.8. The highest BCUT2D eigenvalue weighted by molar-refractivity contribution is 7.18. The molecule has 4 aromatic rings. The Morgan fingerprint density at radius 3 is 2.76 bits per heavy atom. The Kier molecular flexibility index (Phi) is 3.80. The predicted molar refractivity (Wildman–Crippen MR) is 93.7 cm³/mol. The molecule has 0 fully saturated rings. The first-order valence-electron chi connectivity index (χ1n) is 7.52. The van der Waals surface area contributed by atoms with Gasteiger partial charge >= 0.3 is 0 Å². The van der Waals surface area contributed by atoms with Crippen LogP contribution in [0.5, 0.6) is 0 Å². The number of nitrogens with zero attached hydrogens (tertiary/aromatic N) is 5. The first-order valence-corrected chi connectivity index (χ1v) is 8.34. The number of fused-ring (bicyclic) bond motifs is 1. The molecule has 0 aliphatic heterocycles. The van der Waals surface area contributed by atoms with Crippen molar-refractivity contribution in [1.82, 2.24) is 19.7 Å². The summed E-state index contributed by atoms with van der Waals surface area (Å²) < 4.78 is 2.51. The van der Waals surface area contributed by atoms with E-state index in [1.54, 1.807) is 41.3 Å². The van der Waals surface area contributed by atoms with Crippen molar-refractivity contribution in [1.29, 1.82) is 5.26 Å². The van der Waals surface area contributed by atoms with Gasteiger partial charge in [0.2, 0.25) is 5.78 Å². The molecule has 120 valence electrons. The molecule has 0 amide bonds. The lowest BCUT2D eigenvalue weighted by Crippen LogP contribution is -2.14. The molecule has 0 aliphatic rings. The highest BCUT2D eigenvalue weighted by Gasteiger charge is 2.26. The number of nitriles is 1. The average Bonchev–Trinajstić information content (AvgIpc) is 3.32. The lowest BCUT2D eigenvalue weighted by atomic mass is 10.0. The van der Waals surface area contributed by atoms with Crippen LogP contribution in [0.25, 0.3) is 16.0 Å². The molecule has 6 nitrogen and oxygen atoms in total. The number of carbonyl (C=O) groups excluding carboxylic acids is 1. The molecule has 0 N–H and O–H groups in total. The molecule has 3 heterocycles. The molecule has 0 spiro atoms. The Hall–Kier alpha value is -3.37. The van der Waals surface area contributed by atoms with E-state index >= 15 is 0 Å². The van der Waals surface area contributed by atoms with E-state index in [2.05, 4.69) is 21.1 Å². The van der Waals surface area contributed by atoms with Crippen LogP contribution in [0.3, 0.4) is 0 Å². The van der Waals surface area contributed by atoms with Crippen molar-refractivity contribution >= 4 is 27.3 Å². The number of ketones is 1. The monoisotopic (exact) mass is 345 g/mol. The summed E-state index contributed by atoms with van der Waals surface area (Å²) >= 11 is 1.36. The third-order valence-corrected chi connectivity index (χ3v) is 4.78. The van der Waals surface area contributed by atoms with Crippen molar-refractivity contribution in [2.75, 3.05) is 0 Å². The molecule has 1 aromatic carbocycles. The Balaban J connectivity index is 1.71. The molecule has 0 unspecified atom stereocenters. The zero-order valence-electron chi connectivity index (χ0n) is 12.9. The maximum atomic E-state index is 12.8. The minimum absolute atomic E-state index is 0.221. The number of Topliss-reactive ketones (excluding diaryl/α,β-unsaturated/α-hetero) is 1. The summed E-state index contributed by atoms with van der Waals surface area (Å²) in [5.41, 5.74) is 1.01. The standard InChI is InChI=1S/C18H11N5OS/c19-11-12(18-22-13-5-1-2-7-15(13)25-18)17(24)14-6-3-8-16(21-14)23-10-4-9-20-23/h1-10,12H/t12-/m1/s1. The molecule has 0 saturated carbocycles. The largest absolute Gasteiger partial charge is 0.290 e. The minimum Gasteiger partial charge on any atom is -0.290 e. The second kappa shape index (κ2) is 6.26. The highest BCUT2D eigenvalue weighted by atomic mass is 32.1. The van der Waals surface area contributed by atoms with Gasteiger partial charge in [-0.2, -0.15) is 10.4 Å². The zero-order valence-corrected chi connectivity index (χ0v) is 13.7. The molecule has 25 heavy (non-hydrogen) atoms. The fraction of sp³-hybridized carbons (Fsp3) is 0.0556. The van der Waals surface area contributed by atoms with Crippen LogP contribution >= 0.6 is 11.3 Å². The van der Waals surface area contributed by atoms with Crippen LogP contribution in [0.4, 0.5) is 0 Å². The highest BCUT2D eigenvalue weighted by Crippen LogP contribution is 2.29. The van der Waals surface area contributed by atoms with Gasteiger partial charge in [-0.15, -0.1) is 11.3 Å². The van der Waals surface area contributed by atoms with Crippen LogP contribution in [0.2, 0.25) is 0 Å². The van der Waals surface area contributed by atoms with Crippen LogP contribution in [-0.2, 0) is 0 Å². The predicted octanol–water partition coefficient (Wildman–Crippen LogP) is 3.37. The number of rotatable bonds is 4. The number of para-hydroxylation sites is 1. The smallest absolute Gasteiger partial charge is 0.205 e. The SMILES string of the molecule is N#C[C@H](C(=O)c1cccc(-n2cccn2)n1)c1nc2ccccc2s1. The van der Waals surface area contributed by atoms with Gasteiger partial charge in [0.25, 0.3) is 0 Å². The lowest BCUT2D eigenvalue weighted by molar-refractivity contribution is 0.0974. The number of hydrogen-bond donors (Lipinski definition) is 0. The van der Waals surface area contributed by atoms with E-state index in [0.717, 1.165) is 10.2 Å². The number of hydrogen-bond acceptors (Lipinski definition) is 6. The lowest BCUT2D eigenvalue weighted by Gasteiger charge is -2.06. The first-order chi connectivity index (χ1) is 12.3. The second-order valence-corrected chi connectivity index (χ2v) is 6.34. The summed E-state index contributed by atoms with van der Waals surface area (Å²) in [6.07, 6.45) is 3.38. The molecule has 0 radical (unpaired) electrons. The molecule has 0 saturated heterocycles. The third kappa shape index (κ3) is 2.79. The number of pyridine rings is 1. The van der Waals surface area contributed by atoms with Crippen molar-refractivity contribution in [3.05, 3.63) is 71.6 Å². The molecule has 3 aromatic heterocycles. The zero-order chi connectivity index (χ0) is 17.2. The Morgan fingerprint density at radius 2 is 2.00 bits per heavy atom. The van der Waals surface area contributed by atoms with E-state index in [1.807, 2.05) is 24.3 Å². The van der Waals surface area contributed by atoms with Crippen LogP contribution in [0.15, 0.2) is 60.9 Å². The Morgan fingerprint density at radius 1 is 1.12 bits per heavy atom. The van der Waals surface area contributed by atoms with Gasteiger partial charge in [-0.05, 0) is 30.3 Å². The average molecular weight is 345 g/mol. The van der Waals surface area contributed by atoms with E-state index < -0.39 is 5.92 Å². The van der Waals surface area contributed by atoms with Crippen molar-refractivity contribution in [2.45, 2.75) is 5.92 Å². The van der Waals surface area contributed by atoms with Crippen molar-refractivity contribution in [3.63, 3.8) is 0 Å². The number of aromatic nitrogens is 4. The van der Waals surface area contributed by atoms with Crippen molar-refractivity contribution in [2.24, 2.45) is 0 Å². The molecular formula is C18H11N5OS. The van der Waals surface area contributed by atoms with Gasteiger partial charge in [0.15, 0.2) is 11.7 Å². The van der Waals surface area contributed by atoms with Gasteiger partial charge in [0, 0.05) is 12.4 Å². The Labute approximate surface area is 147 Å². The summed E-state index contributed by atoms with van der Waals surface area (Å²) in [4.78, 5) is 21.6. The number of thiazole rings is 1. The van der Waals surface area contributed by atoms with Gasteiger partial charge in [0.1, 0.15) is 10.7 Å². The summed E-state index contributed by atoms with van der Waals surface area (Å²) in [5.74, 6) is -0.815. The van der Waals surface area contributed by atoms with Gasteiger partial charge in [-0.3, -0.25) is 4.79 Å². The second-order valence-electron chi connectivity index (χ2n) is 5.28. The first kappa shape index (κ1) is 15.2. The van der Waals surface area contributed by atoms with E-state index in [-0.39, 0.29) is 11.5 Å². The molecule has 7 heteroatoms. The fourth-order valence-corrected chi connectivity index (χ4v) is 3.49. The van der Waals surface area contributed by atoms with Crippen LogP contribution in [0.1, 0.15) is 21.4 Å². The minimum atomic E-state index is -0.974. The maximum Gasteiger partial charge on any atom is 0.205 e. The van der Waals surface area contributed by atoms with Crippen molar-refractivity contribution in [3.8, 4) is 11.9 Å². The molecule has 0 bridgehead atoms. The van der Waals surface area contributed by atoms with Gasteiger partial charge in [-0.25, -0.2) is 14.6 Å². The van der Waals surface area contributed by atoms with E-state index in [4.69, 9.17) is 0 Å². The van der Waals surface area contributed by atoms with Crippen LogP contribution in [-0.4, -0.2) is 25.5 Å². The van der Waals surface area contributed by atoms with Gasteiger partial charge in [0.05, 0.1) is 16.3 Å². The molecule has 1 atom stereocenters. The summed E-state index contributed by atoms with van der Waals surface area (Å²) in [5, 5.41) is 14.1. The number of carbonyl (C=O) groups is 1. The van der Waals surface area contributed by atoms with Crippen molar-refractivity contribution < 1.29 is 4.79 Å². The van der Waals surface area contributed by atoms with E-state index in [1.165, 1.54) is 11.3 Å². The Bertz CT molecular complexity index is 1060. The number of benzene rings is 1. The van der Waals surface area contributed by atoms with Crippen LogP contribution in [0, 0.1) is 11.3 Å². The van der Waals surface area contributed by atoms with Crippen LogP contribution < -0.4 is 0 Å². The molecular weight excluding hydrogens is 334 g/mol. The summed E-state index contributed by atoms with van der Waals surface area (Å²) in [6, 6.07) is 16.5. The fourth-order valence-electron chi connectivity index (χ4n) is 2.48. The third-order valence-electron chi connectivity index (χ3n) is 3.67. The van der Waals surface area contributed by atoms with E-state index in [9.17, 15) is 10.1 Å². The summed E-state index contributed by atoms with van der Waals surface area (Å²) in [6.45, 7) is 0. The molecule has 4 rings (SSSR count). The normalized spacial score (nSPS) is 12.0. The molecule has 0 aliphatic carbocycles. The van der Waals surface area contributed by atoms with Gasteiger partial charge < -0.3 is 0 Å². The summed E-state index contributed by atoms with van der Waals surface area (Å²) in [7, 11) is 0. The topological polar surface area (TPSA) is 84.5 Å². The van der Waals surface area contributed by atoms with E-state index in [0.29, 0.717) is 10.8 Å². The van der Waals surface area contributed by atoms with Gasteiger partial charge in [-0.1, -0.05) is 18.2 Å². The quantitative estimate of drug-likeness (QED) is 0.529.